The summed E-state index contributed by atoms with van der Waals surface area (Å²) in [6.45, 7) is 5.24. The summed E-state index contributed by atoms with van der Waals surface area (Å²) in [5.74, 6) is -1.96. The molecule has 1 fully saturated rings. The second kappa shape index (κ2) is 8.57. The van der Waals surface area contributed by atoms with Gasteiger partial charge in [-0.2, -0.15) is 0 Å². The topological polar surface area (TPSA) is 92.8 Å². The Balaban J connectivity index is 1.51. The first-order valence-corrected chi connectivity index (χ1v) is 10.9. The Labute approximate surface area is 186 Å². The van der Waals surface area contributed by atoms with E-state index in [1.54, 1.807) is 6.07 Å². The Morgan fingerprint density at radius 2 is 1.69 bits per heavy atom. The fourth-order valence-corrected chi connectivity index (χ4v) is 4.22. The lowest BCUT2D eigenvalue weighted by molar-refractivity contribution is -0.129. The fourth-order valence-electron chi connectivity index (χ4n) is 4.22. The van der Waals surface area contributed by atoms with Crippen LogP contribution in [0.15, 0.2) is 36.4 Å². The van der Waals surface area contributed by atoms with Crippen molar-refractivity contribution in [1.82, 2.24) is 5.32 Å². The van der Waals surface area contributed by atoms with Gasteiger partial charge < -0.3 is 10.1 Å². The van der Waals surface area contributed by atoms with Crippen LogP contribution in [0.5, 0.6) is 0 Å². The van der Waals surface area contributed by atoms with Crippen LogP contribution in [0.4, 0.5) is 5.69 Å². The second-order valence-corrected chi connectivity index (χ2v) is 8.53. The number of hydrogen-bond acceptors (Lipinski definition) is 5. The lowest BCUT2D eigenvalue weighted by Crippen LogP contribution is -2.40. The van der Waals surface area contributed by atoms with Crippen molar-refractivity contribution in [2.45, 2.75) is 58.6 Å². The van der Waals surface area contributed by atoms with Crippen LogP contribution >= 0.6 is 0 Å². The normalized spacial score (nSPS) is 16.8. The van der Waals surface area contributed by atoms with Gasteiger partial charge in [0.15, 0.2) is 6.10 Å². The van der Waals surface area contributed by atoms with E-state index in [-0.39, 0.29) is 28.6 Å². The van der Waals surface area contributed by atoms with Crippen molar-refractivity contribution in [3.63, 3.8) is 0 Å². The molecule has 1 aliphatic carbocycles. The zero-order valence-electron chi connectivity index (χ0n) is 18.4. The zero-order chi connectivity index (χ0) is 23.0. The van der Waals surface area contributed by atoms with Crippen LogP contribution in [0.1, 0.15) is 74.8 Å². The molecule has 1 aliphatic heterocycles. The van der Waals surface area contributed by atoms with Gasteiger partial charge in [-0.3, -0.25) is 14.4 Å². The van der Waals surface area contributed by atoms with Crippen molar-refractivity contribution in [2.24, 2.45) is 0 Å². The minimum absolute atomic E-state index is 0.119. The molecule has 3 amide bonds. The van der Waals surface area contributed by atoms with E-state index in [1.807, 2.05) is 26.0 Å². The smallest absolute Gasteiger partial charge is 0.338 e. The number of amides is 3. The monoisotopic (exact) mass is 434 g/mol. The number of ether oxygens (including phenoxy) is 1. The predicted octanol–water partition coefficient (Wildman–Crippen LogP) is 3.71. The van der Waals surface area contributed by atoms with Crippen LogP contribution in [-0.2, 0) is 9.53 Å². The number of benzene rings is 2. The summed E-state index contributed by atoms with van der Waals surface area (Å²) >= 11 is 0. The lowest BCUT2D eigenvalue weighted by atomic mass is 10.1. The highest BCUT2D eigenvalue weighted by Crippen LogP contribution is 2.32. The van der Waals surface area contributed by atoms with Crippen LogP contribution in [-0.4, -0.2) is 35.8 Å². The molecule has 32 heavy (non-hydrogen) atoms. The van der Waals surface area contributed by atoms with E-state index in [1.165, 1.54) is 25.1 Å². The number of aryl methyl sites for hydroxylation is 2. The third kappa shape index (κ3) is 4.02. The molecule has 1 unspecified atom stereocenters. The van der Waals surface area contributed by atoms with Crippen molar-refractivity contribution in [1.29, 1.82) is 0 Å². The van der Waals surface area contributed by atoms with Gasteiger partial charge >= 0.3 is 5.97 Å². The largest absolute Gasteiger partial charge is 0.449 e. The lowest BCUT2D eigenvalue weighted by Gasteiger charge is -2.17. The molecule has 0 aromatic heterocycles. The number of carbonyl (C=O) groups is 4. The summed E-state index contributed by atoms with van der Waals surface area (Å²) < 4.78 is 5.32. The Morgan fingerprint density at radius 1 is 1.00 bits per heavy atom. The van der Waals surface area contributed by atoms with Crippen LogP contribution in [0.25, 0.3) is 0 Å². The van der Waals surface area contributed by atoms with Crippen molar-refractivity contribution >= 4 is 29.4 Å². The Kier molecular flexibility index (Phi) is 5.82. The second-order valence-electron chi connectivity index (χ2n) is 8.53. The molecule has 1 N–H and O–H groups in total. The van der Waals surface area contributed by atoms with Crippen molar-refractivity contribution in [3.05, 3.63) is 64.2 Å². The van der Waals surface area contributed by atoms with Gasteiger partial charge in [-0.1, -0.05) is 25.0 Å². The molecule has 2 aromatic carbocycles. The van der Waals surface area contributed by atoms with Gasteiger partial charge in [-0.15, -0.1) is 0 Å². The van der Waals surface area contributed by atoms with E-state index in [0.717, 1.165) is 41.7 Å². The molecular formula is C25H26N2O5. The minimum Gasteiger partial charge on any atom is -0.449 e. The maximum absolute atomic E-state index is 13.1. The Hall–Kier alpha value is -3.48. The van der Waals surface area contributed by atoms with E-state index in [0.29, 0.717) is 5.69 Å². The van der Waals surface area contributed by atoms with Crippen molar-refractivity contribution < 1.29 is 23.9 Å². The number of nitrogens with one attached hydrogen (secondary N) is 1. The standard InChI is InChI=1S/C25H26N2O5/c1-14-8-9-15(2)21(12-14)27-23(29)19-11-10-17(13-20(19)24(27)30)25(31)32-16(3)22(28)26-18-6-4-5-7-18/h8-13,16,18H,4-7H2,1-3H3,(H,26,28). The number of esters is 1. The number of nitrogens with zero attached hydrogens (tertiary/aromatic N) is 1. The first-order valence-electron chi connectivity index (χ1n) is 10.9. The summed E-state index contributed by atoms with van der Waals surface area (Å²) in [7, 11) is 0. The molecule has 0 saturated heterocycles. The van der Waals surface area contributed by atoms with E-state index in [2.05, 4.69) is 5.32 Å². The summed E-state index contributed by atoms with van der Waals surface area (Å²) in [5, 5.41) is 2.90. The summed E-state index contributed by atoms with van der Waals surface area (Å²) in [5.41, 5.74) is 2.75. The number of hydrogen-bond donors (Lipinski definition) is 1. The SMILES string of the molecule is Cc1ccc(C)c(N2C(=O)c3ccc(C(=O)OC(C)C(=O)NC4CCCC4)cc3C2=O)c1. The van der Waals surface area contributed by atoms with Gasteiger partial charge in [0.05, 0.1) is 22.4 Å². The maximum Gasteiger partial charge on any atom is 0.338 e. The summed E-state index contributed by atoms with van der Waals surface area (Å²) in [6.07, 6.45) is 3.08. The minimum atomic E-state index is -0.958. The molecule has 0 spiro atoms. The summed E-state index contributed by atoms with van der Waals surface area (Å²) in [6, 6.07) is 9.95. The molecule has 2 aromatic rings. The molecule has 4 rings (SSSR count). The molecule has 2 aliphatic rings. The number of carbonyl (C=O) groups excluding carboxylic acids is 4. The number of imide groups is 1. The summed E-state index contributed by atoms with van der Waals surface area (Å²) in [4.78, 5) is 52.1. The average molecular weight is 434 g/mol. The van der Waals surface area contributed by atoms with Crippen LogP contribution in [0.2, 0.25) is 0 Å². The molecular weight excluding hydrogens is 408 g/mol. The number of anilines is 1. The van der Waals surface area contributed by atoms with Crippen molar-refractivity contribution in [3.8, 4) is 0 Å². The molecule has 1 atom stereocenters. The molecule has 0 radical (unpaired) electrons. The zero-order valence-corrected chi connectivity index (χ0v) is 18.4. The Morgan fingerprint density at radius 3 is 2.41 bits per heavy atom. The first-order chi connectivity index (χ1) is 15.3. The highest BCUT2D eigenvalue weighted by atomic mass is 16.5. The third-order valence-electron chi connectivity index (χ3n) is 6.08. The van der Waals surface area contributed by atoms with Crippen LogP contribution in [0.3, 0.4) is 0 Å². The van der Waals surface area contributed by atoms with Gasteiger partial charge in [-0.05, 0) is 69.0 Å². The predicted molar refractivity (Wildman–Crippen MR) is 119 cm³/mol. The highest BCUT2D eigenvalue weighted by molar-refractivity contribution is 6.35. The van der Waals surface area contributed by atoms with E-state index >= 15 is 0 Å². The van der Waals surface area contributed by atoms with Gasteiger partial charge in [0, 0.05) is 6.04 Å². The maximum atomic E-state index is 13.1. The highest BCUT2D eigenvalue weighted by Gasteiger charge is 2.38. The van der Waals surface area contributed by atoms with Gasteiger partial charge in [0.25, 0.3) is 17.7 Å². The van der Waals surface area contributed by atoms with E-state index < -0.39 is 23.9 Å². The van der Waals surface area contributed by atoms with Crippen molar-refractivity contribution in [2.75, 3.05) is 4.90 Å². The van der Waals surface area contributed by atoms with Gasteiger partial charge in [0.1, 0.15) is 0 Å². The Bertz CT molecular complexity index is 1120. The number of fused-ring (bicyclic) bond motifs is 1. The average Bonchev–Trinajstić information content (AvgIpc) is 3.36. The molecule has 1 saturated carbocycles. The first kappa shape index (κ1) is 21.7. The fraction of sp³-hybridized carbons (Fsp3) is 0.360. The van der Waals surface area contributed by atoms with E-state index in [4.69, 9.17) is 4.74 Å². The van der Waals surface area contributed by atoms with Crippen LogP contribution in [0, 0.1) is 13.8 Å². The molecule has 7 heteroatoms. The van der Waals surface area contributed by atoms with E-state index in [9.17, 15) is 19.2 Å². The molecule has 0 bridgehead atoms. The van der Waals surface area contributed by atoms with Gasteiger partial charge in [-0.25, -0.2) is 9.69 Å². The quantitative estimate of drug-likeness (QED) is 0.572. The molecule has 166 valence electrons. The molecule has 1 heterocycles. The van der Waals surface area contributed by atoms with Gasteiger partial charge in [0.2, 0.25) is 0 Å². The third-order valence-corrected chi connectivity index (χ3v) is 6.08. The molecule has 7 nitrogen and oxygen atoms in total. The van der Waals surface area contributed by atoms with Crippen LogP contribution < -0.4 is 10.2 Å². The number of rotatable bonds is 5.